The Bertz CT molecular complexity index is 600. The molecule has 2 aromatic rings. The third kappa shape index (κ3) is 4.46. The highest BCUT2D eigenvalue weighted by Crippen LogP contribution is 2.23. The summed E-state index contributed by atoms with van der Waals surface area (Å²) in [5.41, 5.74) is 3.97. The lowest BCUT2D eigenvalue weighted by molar-refractivity contribution is 0.0573. The van der Waals surface area contributed by atoms with Gasteiger partial charge in [-0.05, 0) is 61.4 Å². The summed E-state index contributed by atoms with van der Waals surface area (Å²) in [6.07, 6.45) is 4.18. The van der Waals surface area contributed by atoms with E-state index in [2.05, 4.69) is 66.4 Å². The molecule has 1 heterocycles. The lowest BCUT2D eigenvalue weighted by Crippen LogP contribution is -2.38. The van der Waals surface area contributed by atoms with Gasteiger partial charge in [0.05, 0.1) is 6.10 Å². The molecule has 1 fully saturated rings. The maximum atomic E-state index is 9.98. The van der Waals surface area contributed by atoms with Crippen LogP contribution >= 0.6 is 0 Å². The molecule has 0 amide bonds. The average molecular weight is 323 g/mol. The third-order valence-corrected chi connectivity index (χ3v) is 5.37. The van der Waals surface area contributed by atoms with Gasteiger partial charge in [0.1, 0.15) is 0 Å². The van der Waals surface area contributed by atoms with Crippen molar-refractivity contribution in [3.8, 4) is 11.1 Å². The fraction of sp³-hybridized carbons (Fsp3) is 0.455. The van der Waals surface area contributed by atoms with Crippen molar-refractivity contribution in [1.82, 2.24) is 4.90 Å². The Hall–Kier alpha value is -1.64. The Morgan fingerprint density at radius 1 is 0.958 bits per heavy atom. The van der Waals surface area contributed by atoms with E-state index in [1.165, 1.54) is 16.7 Å². The molecule has 0 spiro atoms. The zero-order valence-electron chi connectivity index (χ0n) is 14.7. The zero-order chi connectivity index (χ0) is 16.8. The van der Waals surface area contributed by atoms with E-state index in [1.54, 1.807) is 0 Å². The van der Waals surface area contributed by atoms with Crippen LogP contribution in [-0.2, 0) is 6.42 Å². The number of hydrogen-bond acceptors (Lipinski definition) is 2. The molecule has 1 N–H and O–H groups in total. The minimum absolute atomic E-state index is 0.0994. The molecule has 1 atom stereocenters. The van der Waals surface area contributed by atoms with Gasteiger partial charge in [0.15, 0.2) is 0 Å². The molecule has 128 valence electrons. The molecular weight excluding hydrogens is 294 g/mol. The average Bonchev–Trinajstić information content (AvgIpc) is 2.67. The molecule has 0 radical (unpaired) electrons. The summed E-state index contributed by atoms with van der Waals surface area (Å²) in [4.78, 5) is 2.55. The van der Waals surface area contributed by atoms with Gasteiger partial charge in [0.2, 0.25) is 0 Å². The fourth-order valence-corrected chi connectivity index (χ4v) is 3.68. The van der Waals surface area contributed by atoms with Crippen molar-refractivity contribution in [2.24, 2.45) is 5.92 Å². The van der Waals surface area contributed by atoms with Crippen LogP contribution in [0.3, 0.4) is 0 Å². The lowest BCUT2D eigenvalue weighted by atomic mass is 9.90. The van der Waals surface area contributed by atoms with E-state index >= 15 is 0 Å². The maximum Gasteiger partial charge on any atom is 0.0566 e. The number of likely N-dealkylation sites (tertiary alicyclic amines) is 1. The molecule has 2 nitrogen and oxygen atoms in total. The molecule has 3 rings (SSSR count). The second-order valence-corrected chi connectivity index (χ2v) is 6.97. The first-order valence-corrected chi connectivity index (χ1v) is 9.31. The molecule has 1 unspecified atom stereocenters. The fourth-order valence-electron chi connectivity index (χ4n) is 3.68. The van der Waals surface area contributed by atoms with Crippen molar-refractivity contribution >= 4 is 0 Å². The Balaban J connectivity index is 1.48. The Kier molecular flexibility index (Phi) is 6.06. The number of piperidine rings is 1. The summed E-state index contributed by atoms with van der Waals surface area (Å²) in [5.74, 6) is 0.511. The van der Waals surface area contributed by atoms with Gasteiger partial charge in [-0.15, -0.1) is 0 Å². The van der Waals surface area contributed by atoms with E-state index < -0.39 is 0 Å². The number of benzene rings is 2. The maximum absolute atomic E-state index is 9.98. The van der Waals surface area contributed by atoms with Gasteiger partial charge in [-0.1, -0.05) is 61.5 Å². The topological polar surface area (TPSA) is 23.5 Å². The molecule has 1 aliphatic rings. The van der Waals surface area contributed by atoms with Crippen LogP contribution in [0.25, 0.3) is 11.1 Å². The monoisotopic (exact) mass is 323 g/mol. The van der Waals surface area contributed by atoms with Crippen LogP contribution in [0.5, 0.6) is 0 Å². The normalized spacial score (nSPS) is 17.8. The van der Waals surface area contributed by atoms with E-state index in [-0.39, 0.29) is 6.10 Å². The van der Waals surface area contributed by atoms with Crippen LogP contribution < -0.4 is 0 Å². The largest absolute Gasteiger partial charge is 0.393 e. The molecule has 1 aliphatic heterocycles. The number of hydrogen-bond donors (Lipinski definition) is 1. The second-order valence-electron chi connectivity index (χ2n) is 6.97. The molecule has 0 aliphatic carbocycles. The van der Waals surface area contributed by atoms with Gasteiger partial charge in [-0.25, -0.2) is 0 Å². The molecular formula is C22H29NO. The third-order valence-electron chi connectivity index (χ3n) is 5.37. The molecule has 2 heteroatoms. The Morgan fingerprint density at radius 3 is 2.21 bits per heavy atom. The summed E-state index contributed by atoms with van der Waals surface area (Å²) in [6, 6.07) is 19.5. The number of rotatable bonds is 6. The minimum Gasteiger partial charge on any atom is -0.393 e. The summed E-state index contributed by atoms with van der Waals surface area (Å²) >= 11 is 0. The van der Waals surface area contributed by atoms with Crippen molar-refractivity contribution in [2.45, 2.75) is 38.7 Å². The summed E-state index contributed by atoms with van der Waals surface area (Å²) in [5, 5.41) is 9.98. The highest BCUT2D eigenvalue weighted by molar-refractivity contribution is 5.63. The SMILES string of the molecule is CCC(O)C1CCN(CCc2ccc(-c3ccccc3)cc2)CC1. The first-order valence-electron chi connectivity index (χ1n) is 9.31. The first-order chi connectivity index (χ1) is 11.8. The van der Waals surface area contributed by atoms with Crippen molar-refractivity contribution < 1.29 is 5.11 Å². The Labute approximate surface area is 146 Å². The van der Waals surface area contributed by atoms with Gasteiger partial charge >= 0.3 is 0 Å². The quantitative estimate of drug-likeness (QED) is 0.853. The zero-order valence-corrected chi connectivity index (χ0v) is 14.7. The smallest absolute Gasteiger partial charge is 0.0566 e. The highest BCUT2D eigenvalue weighted by Gasteiger charge is 2.23. The number of aliphatic hydroxyl groups excluding tert-OH is 1. The predicted molar refractivity (Wildman–Crippen MR) is 101 cm³/mol. The van der Waals surface area contributed by atoms with Crippen LogP contribution in [0.4, 0.5) is 0 Å². The molecule has 1 saturated heterocycles. The van der Waals surface area contributed by atoms with E-state index in [4.69, 9.17) is 0 Å². The summed E-state index contributed by atoms with van der Waals surface area (Å²) in [7, 11) is 0. The van der Waals surface area contributed by atoms with Crippen LogP contribution in [0, 0.1) is 5.92 Å². The predicted octanol–water partition coefficient (Wildman–Crippen LogP) is 4.38. The Morgan fingerprint density at radius 2 is 1.58 bits per heavy atom. The van der Waals surface area contributed by atoms with E-state index in [0.29, 0.717) is 5.92 Å². The molecule has 2 aromatic carbocycles. The van der Waals surface area contributed by atoms with Crippen LogP contribution in [0.15, 0.2) is 54.6 Å². The molecule has 0 saturated carbocycles. The number of aliphatic hydroxyl groups is 1. The molecule has 0 aromatic heterocycles. The van der Waals surface area contributed by atoms with Crippen molar-refractivity contribution in [3.05, 3.63) is 60.2 Å². The van der Waals surface area contributed by atoms with Gasteiger partial charge in [0.25, 0.3) is 0 Å². The first kappa shape index (κ1) is 17.2. The van der Waals surface area contributed by atoms with E-state index in [9.17, 15) is 5.11 Å². The van der Waals surface area contributed by atoms with Crippen molar-refractivity contribution in [3.63, 3.8) is 0 Å². The van der Waals surface area contributed by atoms with E-state index in [0.717, 1.165) is 45.3 Å². The lowest BCUT2D eigenvalue weighted by Gasteiger charge is -2.34. The van der Waals surface area contributed by atoms with Crippen LogP contribution in [0.2, 0.25) is 0 Å². The van der Waals surface area contributed by atoms with Crippen molar-refractivity contribution in [2.75, 3.05) is 19.6 Å². The molecule has 0 bridgehead atoms. The van der Waals surface area contributed by atoms with Crippen LogP contribution in [-0.4, -0.2) is 35.7 Å². The summed E-state index contributed by atoms with van der Waals surface area (Å²) < 4.78 is 0. The van der Waals surface area contributed by atoms with Gasteiger partial charge in [-0.2, -0.15) is 0 Å². The number of nitrogens with zero attached hydrogens (tertiary/aromatic N) is 1. The minimum atomic E-state index is -0.0994. The highest BCUT2D eigenvalue weighted by atomic mass is 16.3. The van der Waals surface area contributed by atoms with E-state index in [1.807, 2.05) is 0 Å². The van der Waals surface area contributed by atoms with Crippen LogP contribution in [0.1, 0.15) is 31.7 Å². The van der Waals surface area contributed by atoms with Crippen molar-refractivity contribution in [1.29, 1.82) is 0 Å². The van der Waals surface area contributed by atoms with Gasteiger partial charge in [-0.3, -0.25) is 0 Å². The summed E-state index contributed by atoms with van der Waals surface area (Å²) in [6.45, 7) is 5.46. The second kappa shape index (κ2) is 8.46. The molecule has 24 heavy (non-hydrogen) atoms. The van der Waals surface area contributed by atoms with Gasteiger partial charge < -0.3 is 10.0 Å². The standard InChI is InChI=1S/C22H29NO/c1-2-22(24)21-13-16-23(17-14-21)15-12-18-8-10-20(11-9-18)19-6-4-3-5-7-19/h3-11,21-22,24H,2,12-17H2,1H3. The van der Waals surface area contributed by atoms with Gasteiger partial charge in [0, 0.05) is 6.54 Å².